The molecule has 0 aromatic heterocycles. The first-order chi connectivity index (χ1) is 10.4. The van der Waals surface area contributed by atoms with Crippen molar-refractivity contribution >= 4 is 6.47 Å². The van der Waals surface area contributed by atoms with Gasteiger partial charge in [-0.2, -0.15) is 0 Å². The van der Waals surface area contributed by atoms with Crippen LogP contribution in [0.1, 0.15) is 50.5 Å². The van der Waals surface area contributed by atoms with Crippen LogP contribution in [0.3, 0.4) is 0 Å². The van der Waals surface area contributed by atoms with Crippen LogP contribution in [0, 0.1) is 0 Å². The van der Waals surface area contributed by atoms with E-state index in [2.05, 4.69) is 35.1 Å². The second kappa shape index (κ2) is 13.6. The molecule has 0 heterocycles. The fraction of sp³-hybridized carbons (Fsp3) is 0.611. The number of aryl methyl sites for hydroxylation is 1. The van der Waals surface area contributed by atoms with Crippen molar-refractivity contribution in [3.05, 3.63) is 35.9 Å². The summed E-state index contributed by atoms with van der Waals surface area (Å²) >= 11 is 0. The smallest absolute Gasteiger partial charge is 0.293 e. The minimum Gasteiger partial charge on any atom is -0.468 e. The summed E-state index contributed by atoms with van der Waals surface area (Å²) in [7, 11) is 0. The third-order valence-corrected chi connectivity index (χ3v) is 3.47. The van der Waals surface area contributed by atoms with Crippen molar-refractivity contribution in [3.8, 4) is 0 Å². The number of hydrogen-bond acceptors (Lipinski definition) is 3. The summed E-state index contributed by atoms with van der Waals surface area (Å²) in [5, 5.41) is 0. The molecule has 3 nitrogen and oxygen atoms in total. The summed E-state index contributed by atoms with van der Waals surface area (Å²) < 4.78 is 10.3. The molecule has 3 heteroatoms. The second-order valence-corrected chi connectivity index (χ2v) is 5.29. The Morgan fingerprint density at radius 3 is 2.05 bits per heavy atom. The van der Waals surface area contributed by atoms with Gasteiger partial charge < -0.3 is 9.47 Å². The zero-order valence-corrected chi connectivity index (χ0v) is 13.0. The van der Waals surface area contributed by atoms with Gasteiger partial charge in [-0.1, -0.05) is 43.2 Å². The average Bonchev–Trinajstić information content (AvgIpc) is 2.53. The number of unbranched alkanes of at least 4 members (excludes halogenated alkanes) is 5. The molecule has 118 valence electrons. The van der Waals surface area contributed by atoms with E-state index in [-0.39, 0.29) is 0 Å². The highest BCUT2D eigenvalue weighted by molar-refractivity contribution is 5.36. The molecule has 0 radical (unpaired) electrons. The molecule has 0 spiro atoms. The molecular weight excluding hydrogens is 264 g/mol. The minimum absolute atomic E-state index is 0.515. The van der Waals surface area contributed by atoms with Crippen molar-refractivity contribution in [2.45, 2.75) is 51.4 Å². The summed E-state index contributed by atoms with van der Waals surface area (Å²) in [5.74, 6) is 0. The molecule has 0 saturated heterocycles. The Bertz CT molecular complexity index is 338. The van der Waals surface area contributed by atoms with E-state index < -0.39 is 0 Å². The predicted molar refractivity (Wildman–Crippen MR) is 85.3 cm³/mol. The molecule has 0 N–H and O–H groups in total. The fourth-order valence-electron chi connectivity index (χ4n) is 2.25. The maximum atomic E-state index is 9.93. The maximum absolute atomic E-state index is 9.93. The molecule has 0 aliphatic heterocycles. The van der Waals surface area contributed by atoms with E-state index in [1.54, 1.807) is 0 Å². The normalized spacial score (nSPS) is 10.5. The molecule has 0 amide bonds. The quantitative estimate of drug-likeness (QED) is 0.382. The average molecular weight is 292 g/mol. The monoisotopic (exact) mass is 292 g/mol. The first-order valence-electron chi connectivity index (χ1n) is 8.10. The Labute approximate surface area is 128 Å². The van der Waals surface area contributed by atoms with Gasteiger partial charge in [0.1, 0.15) is 0 Å². The maximum Gasteiger partial charge on any atom is 0.293 e. The van der Waals surface area contributed by atoms with Crippen molar-refractivity contribution in [2.24, 2.45) is 0 Å². The van der Waals surface area contributed by atoms with Gasteiger partial charge in [-0.05, 0) is 44.1 Å². The van der Waals surface area contributed by atoms with E-state index in [0.717, 1.165) is 45.3 Å². The fourth-order valence-corrected chi connectivity index (χ4v) is 2.25. The van der Waals surface area contributed by atoms with Gasteiger partial charge in [0.2, 0.25) is 0 Å². The molecule has 21 heavy (non-hydrogen) atoms. The van der Waals surface area contributed by atoms with Gasteiger partial charge >= 0.3 is 0 Å². The Kier molecular flexibility index (Phi) is 11.5. The Morgan fingerprint density at radius 2 is 1.38 bits per heavy atom. The first-order valence-corrected chi connectivity index (χ1v) is 8.10. The Balaban J connectivity index is 1.76. The van der Waals surface area contributed by atoms with Gasteiger partial charge in [0.05, 0.1) is 6.61 Å². The van der Waals surface area contributed by atoms with E-state index in [1.165, 1.54) is 24.8 Å². The van der Waals surface area contributed by atoms with E-state index in [4.69, 9.17) is 4.74 Å². The summed E-state index contributed by atoms with van der Waals surface area (Å²) in [6, 6.07) is 10.6. The number of hydrogen-bond donors (Lipinski definition) is 0. The molecule has 0 aliphatic carbocycles. The highest BCUT2D eigenvalue weighted by Crippen LogP contribution is 2.06. The zero-order valence-electron chi connectivity index (χ0n) is 13.0. The van der Waals surface area contributed by atoms with Crippen LogP contribution in [0.25, 0.3) is 0 Å². The minimum atomic E-state index is 0.515. The number of ether oxygens (including phenoxy) is 2. The van der Waals surface area contributed by atoms with Crippen molar-refractivity contribution in [3.63, 3.8) is 0 Å². The third kappa shape index (κ3) is 11.0. The topological polar surface area (TPSA) is 35.5 Å². The number of carbonyl (C=O) groups is 1. The van der Waals surface area contributed by atoms with Crippen molar-refractivity contribution in [1.29, 1.82) is 0 Å². The second-order valence-electron chi connectivity index (χ2n) is 5.29. The van der Waals surface area contributed by atoms with Crippen LogP contribution in [0.5, 0.6) is 0 Å². The first kappa shape index (κ1) is 17.7. The van der Waals surface area contributed by atoms with Crippen LogP contribution < -0.4 is 0 Å². The van der Waals surface area contributed by atoms with Crippen molar-refractivity contribution < 1.29 is 14.3 Å². The van der Waals surface area contributed by atoms with Crippen molar-refractivity contribution in [1.82, 2.24) is 0 Å². The highest BCUT2D eigenvalue weighted by atomic mass is 16.5. The molecule has 0 atom stereocenters. The third-order valence-electron chi connectivity index (χ3n) is 3.47. The van der Waals surface area contributed by atoms with Crippen LogP contribution in [-0.4, -0.2) is 26.3 Å². The lowest BCUT2D eigenvalue weighted by molar-refractivity contribution is -0.128. The van der Waals surface area contributed by atoms with Gasteiger partial charge in [0, 0.05) is 13.2 Å². The number of rotatable bonds is 14. The molecule has 0 fully saturated rings. The summed E-state index contributed by atoms with van der Waals surface area (Å²) in [6.45, 7) is 2.79. The van der Waals surface area contributed by atoms with Crippen LogP contribution in [-0.2, 0) is 20.7 Å². The summed E-state index contributed by atoms with van der Waals surface area (Å²) in [4.78, 5) is 9.93. The van der Waals surface area contributed by atoms with Gasteiger partial charge in [0.15, 0.2) is 0 Å². The van der Waals surface area contributed by atoms with Crippen LogP contribution in [0.15, 0.2) is 30.3 Å². The van der Waals surface area contributed by atoms with Crippen LogP contribution >= 0.6 is 0 Å². The van der Waals surface area contributed by atoms with Gasteiger partial charge in [-0.3, -0.25) is 4.79 Å². The predicted octanol–water partition coefficient (Wildman–Crippen LogP) is 4.15. The van der Waals surface area contributed by atoms with Crippen LogP contribution in [0.4, 0.5) is 0 Å². The van der Waals surface area contributed by atoms with Gasteiger partial charge in [-0.15, -0.1) is 0 Å². The lowest BCUT2D eigenvalue weighted by atomic mass is 10.1. The molecule has 0 bridgehead atoms. The zero-order chi connectivity index (χ0) is 15.0. The Hall–Kier alpha value is -1.35. The molecule has 0 saturated carbocycles. The largest absolute Gasteiger partial charge is 0.468 e. The molecule has 0 unspecified atom stereocenters. The lowest BCUT2D eigenvalue weighted by Crippen LogP contribution is -1.98. The van der Waals surface area contributed by atoms with E-state index in [0.29, 0.717) is 13.1 Å². The number of carbonyl (C=O) groups excluding carboxylic acids is 1. The standard InChI is InChI=1S/C18H28O3/c19-17-21-16-9-2-1-8-14-20-15-10-4-7-13-18-11-5-3-6-12-18/h3,5-6,11-12,17H,1-2,4,7-10,13-16H2. The summed E-state index contributed by atoms with van der Waals surface area (Å²) in [5.41, 5.74) is 1.43. The molecule has 0 aliphatic rings. The van der Waals surface area contributed by atoms with Crippen LogP contribution in [0.2, 0.25) is 0 Å². The SMILES string of the molecule is O=COCCCCCCOCCCCCc1ccccc1. The molecule has 1 aromatic carbocycles. The Morgan fingerprint density at radius 1 is 0.762 bits per heavy atom. The van der Waals surface area contributed by atoms with Gasteiger partial charge in [0.25, 0.3) is 6.47 Å². The molecule has 1 rings (SSSR count). The molecule has 1 aromatic rings. The number of benzene rings is 1. The summed E-state index contributed by atoms with van der Waals surface area (Å²) in [6.07, 6.45) is 9.11. The van der Waals surface area contributed by atoms with Crippen molar-refractivity contribution in [2.75, 3.05) is 19.8 Å². The lowest BCUT2D eigenvalue weighted by Gasteiger charge is -2.05. The van der Waals surface area contributed by atoms with E-state index >= 15 is 0 Å². The van der Waals surface area contributed by atoms with E-state index in [1.807, 2.05) is 0 Å². The van der Waals surface area contributed by atoms with E-state index in [9.17, 15) is 4.79 Å². The highest BCUT2D eigenvalue weighted by Gasteiger charge is 1.94. The molecular formula is C18H28O3. The van der Waals surface area contributed by atoms with Gasteiger partial charge in [-0.25, -0.2) is 0 Å².